The molecule has 136 valence electrons. The minimum atomic E-state index is -0.175. The Kier molecular flexibility index (Phi) is 4.59. The first kappa shape index (κ1) is 17.3. The number of halogens is 1. The first-order valence-electron chi connectivity index (χ1n) is 9.04. The number of piperidine rings is 3. The fourth-order valence-electron chi connectivity index (χ4n) is 3.98. The van der Waals surface area contributed by atoms with E-state index >= 15 is 0 Å². The van der Waals surface area contributed by atoms with Gasteiger partial charge in [0.15, 0.2) is 0 Å². The number of aromatic nitrogens is 1. The molecular weight excluding hydrogens is 350 g/mol. The lowest BCUT2D eigenvalue weighted by Gasteiger charge is -2.44. The maximum atomic E-state index is 12.7. The lowest BCUT2D eigenvalue weighted by Crippen LogP contribution is -2.57. The highest BCUT2D eigenvalue weighted by Gasteiger charge is 2.34. The van der Waals surface area contributed by atoms with E-state index in [-0.39, 0.29) is 17.5 Å². The molecule has 0 radical (unpaired) electrons. The van der Waals surface area contributed by atoms with Crippen molar-refractivity contribution >= 4 is 17.5 Å². The van der Waals surface area contributed by atoms with Crippen LogP contribution in [0.15, 0.2) is 41.3 Å². The summed E-state index contributed by atoms with van der Waals surface area (Å²) >= 11 is 6.07. The molecule has 1 amide bonds. The number of benzene rings is 1. The van der Waals surface area contributed by atoms with Gasteiger partial charge in [0.05, 0.1) is 5.56 Å². The highest BCUT2D eigenvalue weighted by Crippen LogP contribution is 2.27. The average molecular weight is 372 g/mol. The van der Waals surface area contributed by atoms with E-state index in [0.29, 0.717) is 22.2 Å². The number of carbonyl (C=O) groups excluding carboxylic acids is 1. The van der Waals surface area contributed by atoms with Crippen molar-refractivity contribution in [2.75, 3.05) is 19.6 Å². The molecule has 3 saturated heterocycles. The minimum absolute atomic E-state index is 0.122. The van der Waals surface area contributed by atoms with Gasteiger partial charge in [0.25, 0.3) is 11.5 Å². The number of fused-ring (bicyclic) bond motifs is 3. The first-order chi connectivity index (χ1) is 12.5. The average Bonchev–Trinajstić information content (AvgIpc) is 2.65. The van der Waals surface area contributed by atoms with Crippen molar-refractivity contribution < 1.29 is 4.79 Å². The Hall–Kier alpha value is -2.11. The number of amides is 1. The molecule has 5 rings (SSSR count). The molecule has 1 atom stereocenters. The summed E-state index contributed by atoms with van der Waals surface area (Å²) in [6.07, 6.45) is 3.91. The van der Waals surface area contributed by atoms with E-state index in [2.05, 4.69) is 10.2 Å². The Morgan fingerprint density at radius 2 is 1.96 bits per heavy atom. The van der Waals surface area contributed by atoms with Crippen LogP contribution in [0.25, 0.3) is 5.69 Å². The minimum Gasteiger partial charge on any atom is -0.348 e. The summed E-state index contributed by atoms with van der Waals surface area (Å²) < 4.78 is 1.49. The molecule has 1 aromatic heterocycles. The zero-order valence-electron chi connectivity index (χ0n) is 14.7. The van der Waals surface area contributed by atoms with E-state index in [4.69, 9.17) is 11.6 Å². The number of nitrogens with zero attached hydrogens (tertiary/aromatic N) is 2. The van der Waals surface area contributed by atoms with Gasteiger partial charge in [-0.2, -0.15) is 0 Å². The second-order valence-electron chi connectivity index (χ2n) is 7.28. The molecule has 2 aromatic rings. The van der Waals surface area contributed by atoms with Crippen LogP contribution in [0, 0.1) is 12.8 Å². The van der Waals surface area contributed by atoms with E-state index in [0.717, 1.165) is 38.0 Å². The van der Waals surface area contributed by atoms with Crippen LogP contribution < -0.4 is 10.9 Å². The van der Waals surface area contributed by atoms with Gasteiger partial charge in [-0.1, -0.05) is 11.6 Å². The highest BCUT2D eigenvalue weighted by molar-refractivity contribution is 6.31. The zero-order chi connectivity index (χ0) is 18.3. The van der Waals surface area contributed by atoms with Crippen LogP contribution in [0.4, 0.5) is 0 Å². The van der Waals surface area contributed by atoms with E-state index in [1.54, 1.807) is 24.4 Å². The van der Waals surface area contributed by atoms with Crippen molar-refractivity contribution in [3.05, 3.63) is 63.0 Å². The van der Waals surface area contributed by atoms with Crippen molar-refractivity contribution in [3.8, 4) is 5.69 Å². The maximum Gasteiger partial charge on any atom is 0.255 e. The number of hydrogen-bond donors (Lipinski definition) is 1. The molecule has 3 aliphatic heterocycles. The number of rotatable bonds is 3. The normalized spacial score (nSPS) is 24.5. The summed E-state index contributed by atoms with van der Waals surface area (Å²) in [4.78, 5) is 27.4. The quantitative estimate of drug-likeness (QED) is 0.902. The first-order valence-corrected chi connectivity index (χ1v) is 9.41. The van der Waals surface area contributed by atoms with Crippen LogP contribution in [0.2, 0.25) is 5.02 Å². The molecule has 6 heteroatoms. The highest BCUT2D eigenvalue weighted by atomic mass is 35.5. The standard InChI is InChI=1S/C20H22ClN3O2/c1-13-10-16(3-4-17(13)21)24-11-15(2-5-19(24)25)20(26)22-18-12-23-8-6-14(18)7-9-23/h2-5,10-11,14,18H,6-9,12H2,1H3,(H,22,26). The predicted molar refractivity (Wildman–Crippen MR) is 102 cm³/mol. The van der Waals surface area contributed by atoms with Crippen LogP contribution >= 0.6 is 11.6 Å². The summed E-state index contributed by atoms with van der Waals surface area (Å²) in [5.74, 6) is 0.442. The third-order valence-corrected chi connectivity index (χ3v) is 5.99. The summed E-state index contributed by atoms with van der Waals surface area (Å²) in [6.45, 7) is 5.09. The maximum absolute atomic E-state index is 12.7. The smallest absolute Gasteiger partial charge is 0.255 e. The zero-order valence-corrected chi connectivity index (χ0v) is 15.5. The largest absolute Gasteiger partial charge is 0.348 e. The van der Waals surface area contributed by atoms with Gasteiger partial charge in [0.2, 0.25) is 0 Å². The van der Waals surface area contributed by atoms with Gasteiger partial charge in [-0.25, -0.2) is 0 Å². The van der Waals surface area contributed by atoms with Crippen molar-refractivity contribution in [2.45, 2.75) is 25.8 Å². The number of hydrogen-bond acceptors (Lipinski definition) is 3. The van der Waals surface area contributed by atoms with Crippen LogP contribution in [0.5, 0.6) is 0 Å². The summed E-state index contributed by atoms with van der Waals surface area (Å²) in [6, 6.07) is 8.62. The molecule has 4 heterocycles. The fourth-order valence-corrected chi connectivity index (χ4v) is 4.10. The molecular formula is C20H22ClN3O2. The number of pyridine rings is 1. The Bertz CT molecular complexity index is 900. The monoisotopic (exact) mass is 371 g/mol. The van der Waals surface area contributed by atoms with Crippen LogP contribution in [0.1, 0.15) is 28.8 Å². The second-order valence-corrected chi connectivity index (χ2v) is 7.68. The number of aryl methyl sites for hydroxylation is 1. The van der Waals surface area contributed by atoms with Gasteiger partial charge < -0.3 is 10.2 Å². The lowest BCUT2D eigenvalue weighted by atomic mass is 9.84. The molecule has 26 heavy (non-hydrogen) atoms. The number of nitrogens with one attached hydrogen (secondary N) is 1. The van der Waals surface area contributed by atoms with Gasteiger partial charge in [-0.05, 0) is 68.6 Å². The SMILES string of the molecule is Cc1cc(-n2cc(C(=O)NC3CN4CCC3CC4)ccc2=O)ccc1Cl. The molecule has 3 fully saturated rings. The van der Waals surface area contributed by atoms with Crippen LogP contribution in [-0.2, 0) is 0 Å². The summed E-state index contributed by atoms with van der Waals surface area (Å²) in [5, 5.41) is 3.82. The third-order valence-electron chi connectivity index (χ3n) is 5.57. The number of carbonyl (C=O) groups is 1. The van der Waals surface area contributed by atoms with Crippen molar-refractivity contribution in [3.63, 3.8) is 0 Å². The van der Waals surface area contributed by atoms with Gasteiger partial charge in [0, 0.05) is 35.6 Å². The molecule has 1 unspecified atom stereocenters. The van der Waals surface area contributed by atoms with Crippen molar-refractivity contribution in [2.24, 2.45) is 5.92 Å². The summed E-state index contributed by atoms with van der Waals surface area (Å²) in [7, 11) is 0. The third kappa shape index (κ3) is 3.29. The molecule has 0 spiro atoms. The summed E-state index contributed by atoms with van der Waals surface area (Å²) in [5.41, 5.74) is 1.91. The molecule has 1 aromatic carbocycles. The molecule has 0 aliphatic carbocycles. The Morgan fingerprint density at radius 1 is 1.19 bits per heavy atom. The molecule has 0 saturated carbocycles. The van der Waals surface area contributed by atoms with E-state index in [1.165, 1.54) is 10.6 Å². The molecule has 1 N–H and O–H groups in total. The lowest BCUT2D eigenvalue weighted by molar-refractivity contribution is 0.0620. The Morgan fingerprint density at radius 3 is 2.62 bits per heavy atom. The molecule has 2 bridgehead atoms. The van der Waals surface area contributed by atoms with E-state index in [1.807, 2.05) is 13.0 Å². The van der Waals surface area contributed by atoms with Crippen LogP contribution in [0.3, 0.4) is 0 Å². The van der Waals surface area contributed by atoms with E-state index in [9.17, 15) is 9.59 Å². The predicted octanol–water partition coefficient (Wildman–Crippen LogP) is 2.62. The van der Waals surface area contributed by atoms with Gasteiger partial charge in [0.1, 0.15) is 0 Å². The molecule has 5 nitrogen and oxygen atoms in total. The van der Waals surface area contributed by atoms with Gasteiger partial charge in [-0.15, -0.1) is 0 Å². The van der Waals surface area contributed by atoms with Crippen LogP contribution in [-0.4, -0.2) is 41.1 Å². The Labute approximate surface area is 157 Å². The van der Waals surface area contributed by atoms with Crippen molar-refractivity contribution in [1.82, 2.24) is 14.8 Å². The van der Waals surface area contributed by atoms with E-state index < -0.39 is 0 Å². The Balaban J connectivity index is 1.58. The fraction of sp³-hybridized carbons (Fsp3) is 0.400. The topological polar surface area (TPSA) is 54.3 Å². The van der Waals surface area contributed by atoms with Crippen molar-refractivity contribution in [1.29, 1.82) is 0 Å². The van der Waals surface area contributed by atoms with Gasteiger partial charge >= 0.3 is 0 Å². The second kappa shape index (κ2) is 6.89. The molecule has 3 aliphatic rings. The van der Waals surface area contributed by atoms with Gasteiger partial charge in [-0.3, -0.25) is 14.2 Å².